The first-order valence-corrected chi connectivity index (χ1v) is 8.82. The van der Waals surface area contributed by atoms with Gasteiger partial charge in [0.2, 0.25) is 0 Å². The number of amides is 1. The predicted octanol–water partition coefficient (Wildman–Crippen LogP) is 2.80. The number of carbonyl (C=O) groups is 1. The van der Waals surface area contributed by atoms with E-state index in [-0.39, 0.29) is 11.9 Å². The number of likely N-dealkylation sites (N-methyl/N-ethyl adjacent to an activating group) is 1. The Hall–Kier alpha value is -2.73. The molecular formula is C21H29N3O3. The maximum atomic E-state index is 12.7. The largest absolute Gasteiger partial charge is 0.493 e. The molecule has 0 heterocycles. The summed E-state index contributed by atoms with van der Waals surface area (Å²) in [5.41, 5.74) is 2.74. The van der Waals surface area contributed by atoms with Crippen molar-refractivity contribution in [3.63, 3.8) is 0 Å². The number of nitrogens with zero attached hydrogens (tertiary/aromatic N) is 2. The summed E-state index contributed by atoms with van der Waals surface area (Å²) in [6.45, 7) is 0.480. The van der Waals surface area contributed by atoms with Crippen LogP contribution in [0.4, 0.5) is 5.69 Å². The van der Waals surface area contributed by atoms with Crippen LogP contribution < -0.4 is 19.7 Å². The van der Waals surface area contributed by atoms with E-state index in [1.54, 1.807) is 25.3 Å². The molecule has 0 saturated heterocycles. The van der Waals surface area contributed by atoms with E-state index >= 15 is 0 Å². The number of benzene rings is 2. The summed E-state index contributed by atoms with van der Waals surface area (Å²) < 4.78 is 10.6. The molecular weight excluding hydrogens is 342 g/mol. The van der Waals surface area contributed by atoms with Crippen molar-refractivity contribution in [1.82, 2.24) is 10.2 Å². The third kappa shape index (κ3) is 4.92. The molecule has 0 spiro atoms. The maximum Gasteiger partial charge on any atom is 0.255 e. The number of nitrogens with one attached hydrogen (secondary N) is 1. The van der Waals surface area contributed by atoms with Crippen molar-refractivity contribution in [2.24, 2.45) is 0 Å². The number of hydrogen-bond donors (Lipinski definition) is 1. The van der Waals surface area contributed by atoms with Gasteiger partial charge in [-0.3, -0.25) is 4.79 Å². The fourth-order valence-corrected chi connectivity index (χ4v) is 2.94. The average Bonchev–Trinajstić information content (AvgIpc) is 2.67. The Morgan fingerprint density at radius 2 is 1.67 bits per heavy atom. The van der Waals surface area contributed by atoms with Crippen LogP contribution in [0.2, 0.25) is 0 Å². The first-order chi connectivity index (χ1) is 12.9. The van der Waals surface area contributed by atoms with E-state index in [2.05, 4.69) is 39.4 Å². The van der Waals surface area contributed by atoms with Crippen LogP contribution in [-0.4, -0.2) is 59.8 Å². The minimum Gasteiger partial charge on any atom is -0.493 e. The molecule has 0 fully saturated rings. The van der Waals surface area contributed by atoms with Crippen LogP contribution >= 0.6 is 0 Å². The Labute approximate surface area is 161 Å². The number of anilines is 1. The number of carbonyl (C=O) groups excluding carboxylic acids is 1. The summed E-state index contributed by atoms with van der Waals surface area (Å²) in [6.07, 6.45) is 0. The minimum absolute atomic E-state index is 0.0572. The van der Waals surface area contributed by atoms with Gasteiger partial charge in [-0.25, -0.2) is 0 Å². The molecule has 0 aliphatic heterocycles. The molecule has 6 heteroatoms. The lowest BCUT2D eigenvalue weighted by atomic mass is 10.0. The first kappa shape index (κ1) is 20.6. The number of ether oxygens (including phenoxy) is 2. The number of para-hydroxylation sites is 1. The van der Waals surface area contributed by atoms with E-state index in [1.807, 2.05) is 28.2 Å². The highest BCUT2D eigenvalue weighted by molar-refractivity contribution is 5.97. The Balaban J connectivity index is 2.15. The molecule has 2 aromatic rings. The summed E-state index contributed by atoms with van der Waals surface area (Å²) in [5, 5.41) is 3.02. The highest BCUT2D eigenvalue weighted by Gasteiger charge is 2.19. The van der Waals surface area contributed by atoms with E-state index in [1.165, 1.54) is 7.11 Å². The number of hydrogen-bond acceptors (Lipinski definition) is 5. The Morgan fingerprint density at radius 3 is 2.19 bits per heavy atom. The molecule has 0 bridgehead atoms. The summed E-state index contributed by atoms with van der Waals surface area (Å²) in [6, 6.07) is 13.7. The van der Waals surface area contributed by atoms with Gasteiger partial charge in [0.15, 0.2) is 11.5 Å². The van der Waals surface area contributed by atoms with Gasteiger partial charge in [0.1, 0.15) is 0 Å². The highest BCUT2D eigenvalue weighted by atomic mass is 16.5. The topological polar surface area (TPSA) is 54.0 Å². The van der Waals surface area contributed by atoms with Gasteiger partial charge in [0, 0.05) is 26.3 Å². The summed E-state index contributed by atoms with van der Waals surface area (Å²) in [5.74, 6) is 0.783. The smallest absolute Gasteiger partial charge is 0.255 e. The zero-order valence-corrected chi connectivity index (χ0v) is 16.9. The number of rotatable bonds is 8. The Kier molecular flexibility index (Phi) is 7.07. The average molecular weight is 371 g/mol. The van der Waals surface area contributed by atoms with Gasteiger partial charge >= 0.3 is 0 Å². The van der Waals surface area contributed by atoms with Crippen molar-refractivity contribution < 1.29 is 14.3 Å². The lowest BCUT2D eigenvalue weighted by Gasteiger charge is -2.26. The highest BCUT2D eigenvalue weighted by Crippen LogP contribution is 2.30. The van der Waals surface area contributed by atoms with Crippen LogP contribution in [-0.2, 0) is 0 Å². The van der Waals surface area contributed by atoms with Gasteiger partial charge in [-0.1, -0.05) is 18.2 Å². The van der Waals surface area contributed by atoms with Crippen molar-refractivity contribution in [2.75, 3.05) is 53.9 Å². The zero-order chi connectivity index (χ0) is 20.0. The van der Waals surface area contributed by atoms with Crippen LogP contribution in [0.15, 0.2) is 42.5 Å². The third-order valence-corrected chi connectivity index (χ3v) is 4.52. The zero-order valence-electron chi connectivity index (χ0n) is 16.9. The Morgan fingerprint density at radius 1 is 1.00 bits per heavy atom. The fraction of sp³-hybridized carbons (Fsp3) is 0.381. The lowest BCUT2D eigenvalue weighted by molar-refractivity contribution is 0.0938. The van der Waals surface area contributed by atoms with Crippen LogP contribution in [0.3, 0.4) is 0 Å². The third-order valence-electron chi connectivity index (χ3n) is 4.52. The van der Waals surface area contributed by atoms with Crippen LogP contribution in [0.25, 0.3) is 0 Å². The molecule has 2 aromatic carbocycles. The Bertz CT molecular complexity index is 758. The van der Waals surface area contributed by atoms with Gasteiger partial charge in [-0.15, -0.1) is 0 Å². The quantitative estimate of drug-likeness (QED) is 0.773. The predicted molar refractivity (Wildman–Crippen MR) is 109 cm³/mol. The van der Waals surface area contributed by atoms with Gasteiger partial charge < -0.3 is 24.6 Å². The van der Waals surface area contributed by atoms with Gasteiger partial charge in [-0.05, 0) is 43.9 Å². The van der Waals surface area contributed by atoms with Crippen LogP contribution in [0.5, 0.6) is 11.5 Å². The van der Waals surface area contributed by atoms with Gasteiger partial charge in [0.05, 0.1) is 25.8 Å². The first-order valence-electron chi connectivity index (χ1n) is 8.82. The van der Waals surface area contributed by atoms with Crippen molar-refractivity contribution in [3.8, 4) is 11.5 Å². The normalized spacial score (nSPS) is 11.8. The van der Waals surface area contributed by atoms with Crippen LogP contribution in [0, 0.1) is 0 Å². The van der Waals surface area contributed by atoms with Crippen molar-refractivity contribution in [2.45, 2.75) is 6.04 Å². The molecule has 27 heavy (non-hydrogen) atoms. The molecule has 0 radical (unpaired) electrons. The second-order valence-electron chi connectivity index (χ2n) is 6.72. The monoisotopic (exact) mass is 371 g/mol. The molecule has 1 unspecified atom stereocenters. The molecule has 0 saturated carbocycles. The molecule has 6 nitrogen and oxygen atoms in total. The summed E-state index contributed by atoms with van der Waals surface area (Å²) >= 11 is 0. The van der Waals surface area contributed by atoms with Gasteiger partial charge in [-0.2, -0.15) is 0 Å². The van der Waals surface area contributed by atoms with Gasteiger partial charge in [0.25, 0.3) is 5.91 Å². The summed E-state index contributed by atoms with van der Waals surface area (Å²) in [4.78, 5) is 16.9. The van der Waals surface area contributed by atoms with E-state index in [9.17, 15) is 4.79 Å². The second kappa shape index (κ2) is 9.28. The lowest BCUT2D eigenvalue weighted by Crippen LogP contribution is -2.34. The maximum absolute atomic E-state index is 12.7. The van der Waals surface area contributed by atoms with E-state index in [0.717, 1.165) is 11.3 Å². The van der Waals surface area contributed by atoms with E-state index in [0.29, 0.717) is 23.6 Å². The van der Waals surface area contributed by atoms with E-state index < -0.39 is 0 Å². The minimum atomic E-state index is -0.192. The fourth-order valence-electron chi connectivity index (χ4n) is 2.94. The molecule has 0 aromatic heterocycles. The van der Waals surface area contributed by atoms with Crippen molar-refractivity contribution in [1.29, 1.82) is 0 Å². The number of methoxy groups -OCH3 is 2. The second-order valence-corrected chi connectivity index (χ2v) is 6.72. The molecule has 146 valence electrons. The molecule has 1 atom stereocenters. The summed E-state index contributed by atoms with van der Waals surface area (Å²) in [7, 11) is 11.1. The molecule has 0 aliphatic carbocycles. The SMILES string of the molecule is COc1cccc(C(=O)NCC(c2ccc(N(C)C)cc2)N(C)C)c1OC. The van der Waals surface area contributed by atoms with Crippen LogP contribution in [0.1, 0.15) is 22.0 Å². The molecule has 1 amide bonds. The molecule has 1 N–H and O–H groups in total. The molecule has 2 rings (SSSR count). The van der Waals surface area contributed by atoms with E-state index in [4.69, 9.17) is 9.47 Å². The molecule has 0 aliphatic rings. The van der Waals surface area contributed by atoms with Crippen molar-refractivity contribution in [3.05, 3.63) is 53.6 Å². The van der Waals surface area contributed by atoms with Crippen molar-refractivity contribution >= 4 is 11.6 Å². The standard InChI is InChI=1S/C21H29N3O3/c1-23(2)16-12-10-15(11-13-16)18(24(3)4)14-22-21(25)17-8-7-9-19(26-5)20(17)27-6/h7-13,18H,14H2,1-6H3,(H,22,25).